The third kappa shape index (κ3) is 1.59. The molecule has 1 aliphatic rings. The van der Waals surface area contributed by atoms with Crippen molar-refractivity contribution < 1.29 is 9.90 Å². The summed E-state index contributed by atoms with van der Waals surface area (Å²) in [5.41, 5.74) is 5.21. The molecule has 0 radical (unpaired) electrons. The van der Waals surface area contributed by atoms with Crippen LogP contribution in [0.1, 0.15) is 19.3 Å². The minimum atomic E-state index is -0.310. The Bertz CT molecular complexity index is 161. The summed E-state index contributed by atoms with van der Waals surface area (Å²) in [5, 5.41) is 11.2. The van der Waals surface area contributed by atoms with E-state index >= 15 is 0 Å². The Morgan fingerprint density at radius 2 is 2.25 bits per heavy atom. The minimum absolute atomic E-state index is 0.00491. The van der Waals surface area contributed by atoms with Gasteiger partial charge in [-0.15, -0.1) is 0 Å². The largest absolute Gasteiger partial charge is 0.395 e. The number of carbonyl (C=O) groups is 1. The highest BCUT2D eigenvalue weighted by Crippen LogP contribution is 2.39. The van der Waals surface area contributed by atoms with Gasteiger partial charge in [-0.3, -0.25) is 4.79 Å². The Morgan fingerprint density at radius 3 is 2.58 bits per heavy atom. The highest BCUT2D eigenvalue weighted by atomic mass is 16.3. The predicted octanol–water partition coefficient (Wildman–Crippen LogP) is -0.776. The Balaban J connectivity index is 2.38. The van der Waals surface area contributed by atoms with Crippen molar-refractivity contribution >= 4 is 5.91 Å². The zero-order valence-corrected chi connectivity index (χ0v) is 7.18. The quantitative estimate of drug-likeness (QED) is 0.521. The summed E-state index contributed by atoms with van der Waals surface area (Å²) in [6.45, 7) is 0.747. The molecule has 0 aliphatic heterocycles. The van der Waals surface area contributed by atoms with Gasteiger partial charge in [-0.1, -0.05) is 6.42 Å². The van der Waals surface area contributed by atoms with Gasteiger partial charge < -0.3 is 16.2 Å². The summed E-state index contributed by atoms with van der Waals surface area (Å²) in [4.78, 5) is 11.4. The molecule has 0 aromatic heterocycles. The number of rotatable bonds is 4. The lowest BCUT2D eigenvalue weighted by Gasteiger charge is -2.38. The molecule has 0 unspecified atom stereocenters. The molecule has 0 spiro atoms. The number of nitrogens with one attached hydrogen (secondary N) is 1. The fraction of sp³-hybridized carbons (Fsp3) is 0.875. The van der Waals surface area contributed by atoms with E-state index in [9.17, 15) is 4.79 Å². The van der Waals surface area contributed by atoms with Crippen molar-refractivity contribution in [2.75, 3.05) is 19.7 Å². The molecule has 70 valence electrons. The number of aliphatic hydroxyl groups excluding tert-OH is 1. The van der Waals surface area contributed by atoms with Crippen LogP contribution >= 0.6 is 0 Å². The van der Waals surface area contributed by atoms with Gasteiger partial charge in [-0.05, 0) is 12.8 Å². The first-order chi connectivity index (χ1) is 5.75. The normalized spacial score (nSPS) is 19.8. The number of aliphatic hydroxyl groups is 1. The molecule has 0 aromatic rings. The number of amides is 1. The van der Waals surface area contributed by atoms with Gasteiger partial charge in [-0.25, -0.2) is 0 Å². The molecular weight excluding hydrogens is 156 g/mol. The molecule has 4 N–H and O–H groups in total. The van der Waals surface area contributed by atoms with Crippen LogP contribution in [-0.2, 0) is 4.79 Å². The van der Waals surface area contributed by atoms with E-state index in [0.717, 1.165) is 19.3 Å². The van der Waals surface area contributed by atoms with E-state index < -0.39 is 0 Å². The second kappa shape index (κ2) is 3.87. The topological polar surface area (TPSA) is 75.4 Å². The number of carbonyl (C=O) groups excluding carboxylic acids is 1. The van der Waals surface area contributed by atoms with Crippen LogP contribution in [0.15, 0.2) is 0 Å². The molecule has 0 heterocycles. The first-order valence-electron chi connectivity index (χ1n) is 4.34. The average molecular weight is 172 g/mol. The predicted molar refractivity (Wildman–Crippen MR) is 45.4 cm³/mol. The highest BCUT2D eigenvalue weighted by molar-refractivity contribution is 5.83. The van der Waals surface area contributed by atoms with Gasteiger partial charge in [0.1, 0.15) is 0 Å². The van der Waals surface area contributed by atoms with Gasteiger partial charge >= 0.3 is 0 Å². The van der Waals surface area contributed by atoms with Crippen LogP contribution in [0.2, 0.25) is 0 Å². The minimum Gasteiger partial charge on any atom is -0.395 e. The summed E-state index contributed by atoms with van der Waals surface area (Å²) in [6, 6.07) is 0. The second-order valence-electron chi connectivity index (χ2n) is 3.32. The van der Waals surface area contributed by atoms with Crippen molar-refractivity contribution in [3.8, 4) is 0 Å². The summed E-state index contributed by atoms with van der Waals surface area (Å²) in [6.07, 6.45) is 2.87. The molecule has 1 aliphatic carbocycles. The second-order valence-corrected chi connectivity index (χ2v) is 3.32. The highest BCUT2D eigenvalue weighted by Gasteiger charge is 2.42. The summed E-state index contributed by atoms with van der Waals surface area (Å²) < 4.78 is 0. The first-order valence-corrected chi connectivity index (χ1v) is 4.34. The number of hydrogen-bond acceptors (Lipinski definition) is 3. The first kappa shape index (κ1) is 9.48. The van der Waals surface area contributed by atoms with Crippen molar-refractivity contribution in [2.24, 2.45) is 11.1 Å². The Hall–Kier alpha value is -0.610. The Labute approximate surface area is 72.1 Å². The van der Waals surface area contributed by atoms with Crippen LogP contribution in [0.4, 0.5) is 0 Å². The van der Waals surface area contributed by atoms with Gasteiger partial charge in [0.15, 0.2) is 0 Å². The lowest BCUT2D eigenvalue weighted by Crippen LogP contribution is -2.50. The fourth-order valence-corrected chi connectivity index (χ4v) is 1.48. The molecule has 1 fully saturated rings. The van der Waals surface area contributed by atoms with Gasteiger partial charge in [0.25, 0.3) is 0 Å². The summed E-state index contributed by atoms with van der Waals surface area (Å²) in [5.74, 6) is 0.00491. The van der Waals surface area contributed by atoms with E-state index in [4.69, 9.17) is 10.8 Å². The van der Waals surface area contributed by atoms with Crippen molar-refractivity contribution in [2.45, 2.75) is 19.3 Å². The molecule has 0 atom stereocenters. The average Bonchev–Trinajstić information content (AvgIpc) is 2.00. The van der Waals surface area contributed by atoms with E-state index in [2.05, 4.69) is 5.32 Å². The van der Waals surface area contributed by atoms with Crippen LogP contribution < -0.4 is 11.1 Å². The third-order valence-corrected chi connectivity index (χ3v) is 2.58. The maximum Gasteiger partial charge on any atom is 0.227 e. The monoisotopic (exact) mass is 172 g/mol. The van der Waals surface area contributed by atoms with Gasteiger partial charge in [0.05, 0.1) is 12.0 Å². The fourth-order valence-electron chi connectivity index (χ4n) is 1.48. The summed E-state index contributed by atoms with van der Waals surface area (Å²) >= 11 is 0. The van der Waals surface area contributed by atoms with Gasteiger partial charge in [0, 0.05) is 13.1 Å². The van der Waals surface area contributed by atoms with Crippen LogP contribution in [-0.4, -0.2) is 30.7 Å². The molecule has 0 bridgehead atoms. The maximum atomic E-state index is 11.4. The lowest BCUT2D eigenvalue weighted by atomic mass is 9.68. The van der Waals surface area contributed by atoms with Crippen molar-refractivity contribution in [3.63, 3.8) is 0 Å². The lowest BCUT2D eigenvalue weighted by molar-refractivity contribution is -0.135. The van der Waals surface area contributed by atoms with Gasteiger partial charge in [0.2, 0.25) is 5.91 Å². The summed E-state index contributed by atoms with van der Waals surface area (Å²) in [7, 11) is 0. The molecule has 1 rings (SSSR count). The van der Waals surface area contributed by atoms with Crippen LogP contribution in [0, 0.1) is 5.41 Å². The molecular formula is C8H16N2O2. The maximum absolute atomic E-state index is 11.4. The SMILES string of the molecule is NCC1(C(=O)NCCO)CCC1. The van der Waals surface area contributed by atoms with Crippen molar-refractivity contribution in [3.05, 3.63) is 0 Å². The zero-order valence-electron chi connectivity index (χ0n) is 7.18. The third-order valence-electron chi connectivity index (χ3n) is 2.58. The molecule has 12 heavy (non-hydrogen) atoms. The van der Waals surface area contributed by atoms with E-state index in [0.29, 0.717) is 13.1 Å². The molecule has 4 nitrogen and oxygen atoms in total. The van der Waals surface area contributed by atoms with Crippen molar-refractivity contribution in [1.82, 2.24) is 5.32 Å². The van der Waals surface area contributed by atoms with E-state index in [-0.39, 0.29) is 17.9 Å². The Kier molecular flexibility index (Phi) is 3.05. The van der Waals surface area contributed by atoms with Crippen LogP contribution in [0.5, 0.6) is 0 Å². The molecule has 1 amide bonds. The van der Waals surface area contributed by atoms with Gasteiger partial charge in [-0.2, -0.15) is 0 Å². The number of hydrogen-bond donors (Lipinski definition) is 3. The molecule has 0 saturated heterocycles. The molecule has 1 saturated carbocycles. The zero-order chi connectivity index (χ0) is 9.03. The number of nitrogens with two attached hydrogens (primary N) is 1. The van der Waals surface area contributed by atoms with E-state index in [1.807, 2.05) is 0 Å². The van der Waals surface area contributed by atoms with Crippen LogP contribution in [0.3, 0.4) is 0 Å². The van der Waals surface area contributed by atoms with Crippen molar-refractivity contribution in [1.29, 1.82) is 0 Å². The Morgan fingerprint density at radius 1 is 1.58 bits per heavy atom. The van der Waals surface area contributed by atoms with E-state index in [1.54, 1.807) is 0 Å². The standard InChI is InChI=1S/C8H16N2O2/c9-6-8(2-1-3-8)7(12)10-4-5-11/h11H,1-6,9H2,(H,10,12). The molecule has 4 heteroatoms. The smallest absolute Gasteiger partial charge is 0.227 e. The van der Waals surface area contributed by atoms with Crippen LogP contribution in [0.25, 0.3) is 0 Å². The molecule has 0 aromatic carbocycles. The van der Waals surface area contributed by atoms with E-state index in [1.165, 1.54) is 0 Å².